The van der Waals surface area contributed by atoms with E-state index in [1.54, 1.807) is 0 Å². The summed E-state index contributed by atoms with van der Waals surface area (Å²) in [6.07, 6.45) is 3.96. The van der Waals surface area contributed by atoms with Crippen LogP contribution >= 0.6 is 0 Å². The van der Waals surface area contributed by atoms with Gasteiger partial charge in [-0.15, -0.1) is 0 Å². The first-order valence-corrected chi connectivity index (χ1v) is 9.70. The molecule has 0 aliphatic heterocycles. The number of hydrogen-bond donors (Lipinski definition) is 0. The van der Waals surface area contributed by atoms with E-state index in [1.165, 1.54) is 24.9 Å². The van der Waals surface area contributed by atoms with E-state index in [0.29, 0.717) is 0 Å². The average molecular weight is 483 g/mol. The molecule has 0 spiro atoms. The molecule has 128 valence electrons. The SMILES string of the molecule is CCOc1ccccc1C(C)(C)C.[CH-]=C(C=C[CH]=[W])C(C)(C)C. The third-order valence-electron chi connectivity index (χ3n) is 3.22. The Bertz CT molecular complexity index is 528. The molecule has 1 aromatic rings. The zero-order valence-corrected chi connectivity index (χ0v) is 18.6. The Kier molecular flexibility index (Phi) is 9.62. The van der Waals surface area contributed by atoms with Crippen molar-refractivity contribution >= 4 is 4.40 Å². The Balaban J connectivity index is 0.000000438. The molecule has 0 unspecified atom stereocenters. The molecule has 0 heterocycles. The fourth-order valence-corrected chi connectivity index (χ4v) is 2.04. The summed E-state index contributed by atoms with van der Waals surface area (Å²) in [4.78, 5) is 0. The second-order valence-electron chi connectivity index (χ2n) is 7.38. The first-order valence-electron chi connectivity index (χ1n) is 8.01. The summed E-state index contributed by atoms with van der Waals surface area (Å²) >= 11 is 1.45. The van der Waals surface area contributed by atoms with Gasteiger partial charge >= 0.3 is 74.2 Å². The van der Waals surface area contributed by atoms with E-state index >= 15 is 0 Å². The van der Waals surface area contributed by atoms with Crippen molar-refractivity contribution in [3.8, 4) is 5.75 Å². The summed E-state index contributed by atoms with van der Waals surface area (Å²) < 4.78 is 7.62. The number of benzene rings is 1. The van der Waals surface area contributed by atoms with Crippen molar-refractivity contribution in [1.29, 1.82) is 0 Å². The molecule has 0 radical (unpaired) electrons. The van der Waals surface area contributed by atoms with E-state index in [1.807, 2.05) is 31.2 Å². The normalized spacial score (nSPS) is 11.6. The Labute approximate surface area is 154 Å². The van der Waals surface area contributed by atoms with Gasteiger partial charge in [0.15, 0.2) is 0 Å². The van der Waals surface area contributed by atoms with E-state index in [2.05, 4.69) is 58.1 Å². The predicted octanol–water partition coefficient (Wildman–Crippen LogP) is 5.68. The summed E-state index contributed by atoms with van der Waals surface area (Å²) in [5.41, 5.74) is 2.47. The van der Waals surface area contributed by atoms with Gasteiger partial charge in [0.1, 0.15) is 5.75 Å². The second kappa shape index (κ2) is 10.0. The Hall–Kier alpha value is -0.942. The molecule has 0 amide bonds. The number of rotatable bonds is 4. The summed E-state index contributed by atoms with van der Waals surface area (Å²) in [5, 5.41) is 0. The molecule has 0 fully saturated rings. The molecule has 0 aliphatic rings. The van der Waals surface area contributed by atoms with Gasteiger partial charge in [0.25, 0.3) is 0 Å². The van der Waals surface area contributed by atoms with E-state index in [9.17, 15) is 0 Å². The van der Waals surface area contributed by atoms with Crippen LogP contribution in [0.15, 0.2) is 42.0 Å². The first-order chi connectivity index (χ1) is 10.5. The zero-order chi connectivity index (χ0) is 18.1. The van der Waals surface area contributed by atoms with Gasteiger partial charge < -0.3 is 4.74 Å². The summed E-state index contributed by atoms with van der Waals surface area (Å²) in [6.45, 7) is 21.4. The van der Waals surface area contributed by atoms with Crippen LogP contribution in [0.2, 0.25) is 0 Å². The molecule has 0 saturated carbocycles. The average Bonchev–Trinajstić information content (AvgIpc) is 2.44. The van der Waals surface area contributed by atoms with Crippen molar-refractivity contribution in [2.45, 2.75) is 53.9 Å². The van der Waals surface area contributed by atoms with Crippen LogP contribution in [0.25, 0.3) is 0 Å². The fourth-order valence-electron chi connectivity index (χ4n) is 1.76. The van der Waals surface area contributed by atoms with Gasteiger partial charge in [0, 0.05) is 0 Å². The molecule has 1 nitrogen and oxygen atoms in total. The van der Waals surface area contributed by atoms with Crippen LogP contribution in [0.3, 0.4) is 0 Å². The molecular weight excluding hydrogens is 452 g/mol. The van der Waals surface area contributed by atoms with Crippen molar-refractivity contribution in [3.05, 3.63) is 54.1 Å². The minimum atomic E-state index is 0.106. The topological polar surface area (TPSA) is 9.23 Å². The van der Waals surface area contributed by atoms with Crippen molar-refractivity contribution in [2.24, 2.45) is 5.41 Å². The van der Waals surface area contributed by atoms with Gasteiger partial charge in [-0.3, -0.25) is 0 Å². The van der Waals surface area contributed by atoms with E-state index in [-0.39, 0.29) is 10.8 Å². The number of ether oxygens (including phenoxy) is 1. The van der Waals surface area contributed by atoms with Gasteiger partial charge in [-0.1, -0.05) is 39.0 Å². The molecule has 0 aliphatic carbocycles. The number of hydrogen-bond acceptors (Lipinski definition) is 1. The molecule has 0 aromatic heterocycles. The van der Waals surface area contributed by atoms with Crippen molar-refractivity contribution in [3.63, 3.8) is 0 Å². The maximum atomic E-state index is 5.76. The molecule has 0 N–H and O–H groups in total. The molecule has 0 saturated heterocycles. The standard InChI is InChI=1S/C12H18O.C9H13.W/c1-5-13-11-9-7-6-8-10(11)12(2,3)4;1-6-7-8(2)9(3,4)5;/h6-9H,5H2,1-4H3;1-2,6-7H,3-5H3;/q;-1;. The summed E-state index contributed by atoms with van der Waals surface area (Å²) in [5.74, 6) is 1.01. The first kappa shape index (κ1) is 22.1. The molecule has 0 bridgehead atoms. The molecule has 1 rings (SSSR count). The van der Waals surface area contributed by atoms with Gasteiger partial charge in [-0.05, 0) is 24.0 Å². The summed E-state index contributed by atoms with van der Waals surface area (Å²) in [6, 6.07) is 8.23. The zero-order valence-electron chi connectivity index (χ0n) is 15.6. The van der Waals surface area contributed by atoms with Gasteiger partial charge in [0.2, 0.25) is 0 Å². The maximum absolute atomic E-state index is 5.76. The number of para-hydroxylation sites is 1. The Morgan fingerprint density at radius 1 is 1.13 bits per heavy atom. The molecule has 23 heavy (non-hydrogen) atoms. The van der Waals surface area contributed by atoms with E-state index < -0.39 is 0 Å². The third kappa shape index (κ3) is 9.06. The van der Waals surface area contributed by atoms with Gasteiger partial charge in [-0.25, -0.2) is 0 Å². The van der Waals surface area contributed by atoms with Crippen LogP contribution < -0.4 is 4.74 Å². The van der Waals surface area contributed by atoms with Crippen LogP contribution in [-0.4, -0.2) is 11.0 Å². The molecular formula is C21H31OW-. The van der Waals surface area contributed by atoms with Crippen LogP contribution in [0.1, 0.15) is 54.0 Å². The van der Waals surface area contributed by atoms with Crippen molar-refractivity contribution in [2.75, 3.05) is 6.61 Å². The molecule has 0 atom stereocenters. The van der Waals surface area contributed by atoms with Crippen LogP contribution in [-0.2, 0) is 24.8 Å². The van der Waals surface area contributed by atoms with Gasteiger partial charge in [-0.2, -0.15) is 0 Å². The van der Waals surface area contributed by atoms with Crippen LogP contribution in [0.5, 0.6) is 5.75 Å². The predicted molar refractivity (Wildman–Crippen MR) is 98.8 cm³/mol. The second-order valence-corrected chi connectivity index (χ2v) is 8.36. The van der Waals surface area contributed by atoms with E-state index in [4.69, 9.17) is 11.3 Å². The Morgan fingerprint density at radius 3 is 2.13 bits per heavy atom. The van der Waals surface area contributed by atoms with Crippen molar-refractivity contribution < 1.29 is 24.1 Å². The van der Waals surface area contributed by atoms with E-state index in [0.717, 1.165) is 17.9 Å². The Morgan fingerprint density at radius 2 is 1.70 bits per heavy atom. The minimum absolute atomic E-state index is 0.106. The summed E-state index contributed by atoms with van der Waals surface area (Å²) in [7, 11) is 0. The fraction of sp³-hybridized carbons (Fsp3) is 0.476. The third-order valence-corrected chi connectivity index (χ3v) is 3.78. The van der Waals surface area contributed by atoms with Crippen LogP contribution in [0.4, 0.5) is 0 Å². The molecule has 2 heteroatoms. The quantitative estimate of drug-likeness (QED) is 0.396. The van der Waals surface area contributed by atoms with Crippen molar-refractivity contribution in [1.82, 2.24) is 0 Å². The van der Waals surface area contributed by atoms with Crippen LogP contribution in [0, 0.1) is 12.0 Å². The number of allylic oxidation sites excluding steroid dienone is 3. The monoisotopic (exact) mass is 483 g/mol. The van der Waals surface area contributed by atoms with Gasteiger partial charge in [0.05, 0.1) is 6.61 Å². The molecule has 1 aromatic carbocycles.